The Bertz CT molecular complexity index is 1100. The van der Waals surface area contributed by atoms with Crippen LogP contribution in [0.5, 0.6) is 0 Å². The van der Waals surface area contributed by atoms with E-state index in [1.807, 2.05) is 0 Å². The highest BCUT2D eigenvalue weighted by Crippen LogP contribution is 2.29. The summed E-state index contributed by atoms with van der Waals surface area (Å²) >= 11 is 3.26. The molecular formula is C18H16BrFN2O2S. The second-order valence-electron chi connectivity index (χ2n) is 5.32. The molecule has 0 atom stereocenters. The highest BCUT2D eigenvalue weighted by atomic mass is 79.9. The molecule has 25 heavy (non-hydrogen) atoms. The zero-order chi connectivity index (χ0) is 20.5. The Morgan fingerprint density at radius 3 is 2.60 bits per heavy atom. The van der Waals surface area contributed by atoms with Gasteiger partial charge in [0.15, 0.2) is 0 Å². The van der Waals surface area contributed by atoms with Crippen molar-refractivity contribution in [1.29, 1.82) is 0 Å². The molecule has 1 heterocycles. The maximum atomic E-state index is 14.4. The van der Waals surface area contributed by atoms with Crippen molar-refractivity contribution >= 4 is 26.0 Å². The number of hydrogen-bond acceptors (Lipinski definition) is 3. The van der Waals surface area contributed by atoms with Crippen molar-refractivity contribution in [3.8, 4) is 11.3 Å². The van der Waals surface area contributed by atoms with Crippen molar-refractivity contribution in [2.75, 3.05) is 6.98 Å². The van der Waals surface area contributed by atoms with Crippen LogP contribution in [0.25, 0.3) is 11.3 Å². The summed E-state index contributed by atoms with van der Waals surface area (Å²) in [6.45, 7) is -2.48. The molecule has 0 spiro atoms. The van der Waals surface area contributed by atoms with Gasteiger partial charge in [0.25, 0.3) is 10.0 Å². The van der Waals surface area contributed by atoms with Gasteiger partial charge in [-0.2, -0.15) is 0 Å². The second kappa shape index (κ2) is 7.11. The smallest absolute Gasteiger partial charge is 0.268 e. The first-order valence-corrected chi connectivity index (χ1v) is 9.53. The average Bonchev–Trinajstić information content (AvgIpc) is 3.05. The monoisotopic (exact) mass is 425 g/mol. The van der Waals surface area contributed by atoms with Gasteiger partial charge in [-0.05, 0) is 55.0 Å². The first-order valence-electron chi connectivity index (χ1n) is 8.80. The van der Waals surface area contributed by atoms with Gasteiger partial charge in [0.2, 0.25) is 0 Å². The first-order chi connectivity index (χ1) is 13.1. The van der Waals surface area contributed by atoms with E-state index in [0.717, 1.165) is 8.45 Å². The van der Waals surface area contributed by atoms with Crippen LogP contribution in [0.2, 0.25) is 0 Å². The fourth-order valence-corrected chi connectivity index (χ4v) is 4.14. The lowest BCUT2D eigenvalue weighted by Crippen LogP contribution is -2.13. The Morgan fingerprint density at radius 1 is 1.20 bits per heavy atom. The van der Waals surface area contributed by atoms with Gasteiger partial charge in [-0.1, -0.05) is 28.1 Å². The third kappa shape index (κ3) is 3.53. The molecule has 130 valence electrons. The van der Waals surface area contributed by atoms with E-state index >= 15 is 0 Å². The topological polar surface area (TPSA) is 51.1 Å². The SMILES string of the molecule is [2H]C([2H])([2H])NCc1cc(-c2ccccc2F)n(S(=O)(=O)c2ccc(Br)cc2)c1. The average molecular weight is 426 g/mol. The summed E-state index contributed by atoms with van der Waals surface area (Å²) in [7, 11) is -4.02. The molecule has 0 saturated carbocycles. The molecular weight excluding hydrogens is 407 g/mol. The van der Waals surface area contributed by atoms with E-state index < -0.39 is 22.8 Å². The van der Waals surface area contributed by atoms with Crippen molar-refractivity contribution < 1.29 is 16.9 Å². The number of rotatable bonds is 5. The summed E-state index contributed by atoms with van der Waals surface area (Å²) in [5.41, 5.74) is 0.613. The number of halogens is 2. The highest BCUT2D eigenvalue weighted by molar-refractivity contribution is 9.10. The minimum atomic E-state index is -4.02. The molecule has 3 rings (SSSR count). The molecule has 0 aliphatic carbocycles. The summed E-state index contributed by atoms with van der Waals surface area (Å²) in [5, 5.41) is 2.34. The first kappa shape index (κ1) is 14.2. The standard InChI is InChI=1S/C18H16BrFN2O2S/c1-21-11-13-10-18(16-4-2-3-5-17(16)20)22(12-13)25(23,24)15-8-6-14(19)7-9-15/h2-10,12,21H,11H2,1H3/i1D3. The van der Waals surface area contributed by atoms with Crippen molar-refractivity contribution in [2.45, 2.75) is 11.4 Å². The molecule has 1 N–H and O–H groups in total. The predicted octanol–water partition coefficient (Wildman–Crippen LogP) is 4.01. The minimum Gasteiger partial charge on any atom is -0.316 e. The van der Waals surface area contributed by atoms with E-state index in [-0.39, 0.29) is 22.7 Å². The largest absolute Gasteiger partial charge is 0.316 e. The molecule has 0 radical (unpaired) electrons. The van der Waals surface area contributed by atoms with Crippen LogP contribution in [0.1, 0.15) is 9.68 Å². The zero-order valence-corrected chi connectivity index (χ0v) is 15.3. The van der Waals surface area contributed by atoms with Crippen LogP contribution >= 0.6 is 15.9 Å². The van der Waals surface area contributed by atoms with Crippen molar-refractivity contribution in [1.82, 2.24) is 9.29 Å². The lowest BCUT2D eigenvalue weighted by Gasteiger charge is -2.11. The maximum Gasteiger partial charge on any atom is 0.268 e. The van der Waals surface area contributed by atoms with Gasteiger partial charge < -0.3 is 5.32 Å². The number of hydrogen-bond donors (Lipinski definition) is 1. The molecule has 1 aromatic heterocycles. The van der Waals surface area contributed by atoms with Gasteiger partial charge in [0.05, 0.1) is 10.6 Å². The number of nitrogens with one attached hydrogen (secondary N) is 1. The van der Waals surface area contributed by atoms with Gasteiger partial charge in [-0.3, -0.25) is 0 Å². The van der Waals surface area contributed by atoms with Crippen LogP contribution in [-0.4, -0.2) is 19.4 Å². The van der Waals surface area contributed by atoms with E-state index in [1.54, 1.807) is 18.2 Å². The molecule has 0 bridgehead atoms. The Labute approximate surface area is 158 Å². The predicted molar refractivity (Wildman–Crippen MR) is 99.3 cm³/mol. The lowest BCUT2D eigenvalue weighted by atomic mass is 10.1. The molecule has 2 aromatic carbocycles. The number of nitrogens with zero attached hydrogens (tertiary/aromatic N) is 1. The van der Waals surface area contributed by atoms with Crippen LogP contribution in [0.3, 0.4) is 0 Å². The molecule has 3 aromatic rings. The Balaban J connectivity index is 2.14. The minimum absolute atomic E-state index is 0.0271. The van der Waals surface area contributed by atoms with E-state index in [0.29, 0.717) is 5.56 Å². The normalized spacial score (nSPS) is 13.9. The van der Waals surface area contributed by atoms with E-state index in [2.05, 4.69) is 21.2 Å². The quantitative estimate of drug-likeness (QED) is 0.671. The molecule has 4 nitrogen and oxygen atoms in total. The second-order valence-corrected chi connectivity index (χ2v) is 8.05. The van der Waals surface area contributed by atoms with Gasteiger partial charge in [0, 0.05) is 26.9 Å². The summed E-state index contributed by atoms with van der Waals surface area (Å²) in [6, 6.07) is 13.3. The Kier molecular flexibility index (Phi) is 4.05. The molecule has 0 unspecified atom stereocenters. The van der Waals surface area contributed by atoms with Crippen LogP contribution in [-0.2, 0) is 16.6 Å². The van der Waals surface area contributed by atoms with Crippen LogP contribution in [0.4, 0.5) is 4.39 Å². The van der Waals surface area contributed by atoms with Crippen LogP contribution in [0.15, 0.2) is 70.2 Å². The number of benzene rings is 2. The Hall–Kier alpha value is -1.96. The van der Waals surface area contributed by atoms with Gasteiger partial charge in [-0.15, -0.1) is 0 Å². The molecule has 0 saturated heterocycles. The Morgan fingerprint density at radius 2 is 1.92 bits per heavy atom. The van der Waals surface area contributed by atoms with Crippen molar-refractivity contribution in [3.05, 3.63) is 76.6 Å². The van der Waals surface area contributed by atoms with Crippen molar-refractivity contribution in [3.63, 3.8) is 0 Å². The van der Waals surface area contributed by atoms with Gasteiger partial charge in [0.1, 0.15) is 5.82 Å². The summed E-state index contributed by atoms with van der Waals surface area (Å²) in [6.07, 6.45) is 1.30. The molecule has 0 fully saturated rings. The maximum absolute atomic E-state index is 14.4. The fraction of sp³-hybridized carbons (Fsp3) is 0.111. The summed E-state index contributed by atoms with van der Waals surface area (Å²) in [4.78, 5) is 0.0271. The lowest BCUT2D eigenvalue weighted by molar-refractivity contribution is 0.587. The third-order valence-electron chi connectivity index (χ3n) is 3.66. The summed E-state index contributed by atoms with van der Waals surface area (Å²) < 4.78 is 64.1. The summed E-state index contributed by atoms with van der Waals surface area (Å²) in [5.74, 6) is -0.580. The third-order valence-corrected chi connectivity index (χ3v) is 5.87. The van der Waals surface area contributed by atoms with Gasteiger partial charge in [-0.25, -0.2) is 16.8 Å². The molecule has 0 aliphatic rings. The fourth-order valence-electron chi connectivity index (χ4n) is 2.48. The molecule has 7 heteroatoms. The highest BCUT2D eigenvalue weighted by Gasteiger charge is 2.23. The molecule has 0 amide bonds. The zero-order valence-electron chi connectivity index (χ0n) is 15.9. The van der Waals surface area contributed by atoms with Crippen LogP contribution < -0.4 is 5.32 Å². The van der Waals surface area contributed by atoms with Crippen molar-refractivity contribution in [2.24, 2.45) is 0 Å². The van der Waals surface area contributed by atoms with E-state index in [1.165, 1.54) is 42.6 Å². The van der Waals surface area contributed by atoms with E-state index in [9.17, 15) is 12.8 Å². The molecule has 0 aliphatic heterocycles. The van der Waals surface area contributed by atoms with E-state index in [4.69, 9.17) is 4.11 Å². The number of aromatic nitrogens is 1. The van der Waals surface area contributed by atoms with Crippen LogP contribution in [0, 0.1) is 5.82 Å². The van der Waals surface area contributed by atoms with Gasteiger partial charge >= 0.3 is 0 Å².